The van der Waals surface area contributed by atoms with Crippen LogP contribution in [0.4, 0.5) is 31.1 Å². The highest BCUT2D eigenvalue weighted by atomic mass is 19.4. The fourth-order valence-electron chi connectivity index (χ4n) is 3.65. The van der Waals surface area contributed by atoms with Gasteiger partial charge in [-0.3, -0.25) is 4.79 Å². The Bertz CT molecular complexity index is 1240. The molecule has 1 aromatic heterocycles. The number of ether oxygens (including phenoxy) is 1. The van der Waals surface area contributed by atoms with Gasteiger partial charge in [-0.1, -0.05) is 19.1 Å². The van der Waals surface area contributed by atoms with Crippen molar-refractivity contribution in [3.05, 3.63) is 52.7 Å². The third-order valence-electron chi connectivity index (χ3n) is 6.17. The van der Waals surface area contributed by atoms with Gasteiger partial charge < -0.3 is 14.5 Å². The van der Waals surface area contributed by atoms with Crippen molar-refractivity contribution in [1.29, 1.82) is 5.26 Å². The second kappa shape index (κ2) is 10.5. The number of rotatable bonds is 4. The van der Waals surface area contributed by atoms with Gasteiger partial charge >= 0.3 is 18.4 Å². The van der Waals surface area contributed by atoms with Crippen molar-refractivity contribution in [2.45, 2.75) is 45.1 Å². The van der Waals surface area contributed by atoms with Crippen LogP contribution in [0.25, 0.3) is 11.3 Å². The highest BCUT2D eigenvalue weighted by Crippen LogP contribution is 2.36. The highest BCUT2D eigenvalue weighted by Gasteiger charge is 2.40. The summed E-state index contributed by atoms with van der Waals surface area (Å²) in [6.45, 7) is 5.19. The summed E-state index contributed by atoms with van der Waals surface area (Å²) < 4.78 is 85.9. The molecule has 1 aliphatic heterocycles. The molecule has 7 nitrogen and oxygen atoms in total. The number of piperazine rings is 1. The minimum atomic E-state index is -5.10. The molecule has 0 saturated carbocycles. The van der Waals surface area contributed by atoms with Gasteiger partial charge in [0.05, 0.1) is 22.4 Å². The average molecular weight is 542 g/mol. The second-order valence-corrected chi connectivity index (χ2v) is 9.23. The number of hydrogen-bond acceptors (Lipinski definition) is 5. The first-order valence-electron chi connectivity index (χ1n) is 11.5. The number of halogens is 6. The molecule has 0 atom stereocenters. The Balaban J connectivity index is 1.90. The molecular weight excluding hydrogens is 518 g/mol. The van der Waals surface area contributed by atoms with Crippen molar-refractivity contribution in [1.82, 2.24) is 14.8 Å². The van der Waals surface area contributed by atoms with Gasteiger partial charge in [0.1, 0.15) is 11.7 Å². The predicted molar refractivity (Wildman–Crippen MR) is 123 cm³/mol. The summed E-state index contributed by atoms with van der Waals surface area (Å²) in [4.78, 5) is 31.5. The minimum absolute atomic E-state index is 0.0217. The summed E-state index contributed by atoms with van der Waals surface area (Å²) in [5, 5.41) is 9.55. The number of carbonyl (C=O) groups is 2. The molecule has 0 N–H and O–H groups in total. The van der Waals surface area contributed by atoms with E-state index in [0.29, 0.717) is 18.6 Å². The predicted octanol–water partition coefficient (Wildman–Crippen LogP) is 5.74. The fraction of sp³-hybridized carbons (Fsp3) is 0.440. The van der Waals surface area contributed by atoms with Crippen molar-refractivity contribution in [2.24, 2.45) is 0 Å². The Labute approximate surface area is 214 Å². The summed E-state index contributed by atoms with van der Waals surface area (Å²) in [5.74, 6) is -1.04. The van der Waals surface area contributed by atoms with Crippen LogP contribution < -0.4 is 0 Å². The van der Waals surface area contributed by atoms with Crippen molar-refractivity contribution < 1.29 is 40.7 Å². The Morgan fingerprint density at radius 3 is 2.00 bits per heavy atom. The maximum absolute atomic E-state index is 14.0. The van der Waals surface area contributed by atoms with Gasteiger partial charge in [-0.05, 0) is 38.5 Å². The van der Waals surface area contributed by atoms with E-state index in [1.807, 2.05) is 6.92 Å². The first-order chi connectivity index (χ1) is 17.6. The lowest BCUT2D eigenvalue weighted by atomic mass is 10.0. The molecule has 204 valence electrons. The number of nitrogens with zero attached hydrogens (tertiary/aromatic N) is 4. The Morgan fingerprint density at radius 2 is 1.53 bits per heavy atom. The molecule has 0 spiro atoms. The van der Waals surface area contributed by atoms with Crippen molar-refractivity contribution >= 4 is 12.0 Å². The molecule has 3 rings (SSSR count). The second-order valence-electron chi connectivity index (χ2n) is 9.23. The number of amides is 2. The van der Waals surface area contributed by atoms with Crippen LogP contribution in [0.1, 0.15) is 54.4 Å². The lowest BCUT2D eigenvalue weighted by molar-refractivity contribution is -0.141. The average Bonchev–Trinajstić information content (AvgIpc) is 2.86. The number of carbonyl (C=O) groups excluding carboxylic acids is 2. The molecular formula is C25H24F6N4O3. The summed E-state index contributed by atoms with van der Waals surface area (Å²) in [6, 6.07) is 5.56. The lowest BCUT2D eigenvalue weighted by Gasteiger charge is -2.36. The summed E-state index contributed by atoms with van der Waals surface area (Å²) in [5.41, 5.74) is -5.23. The largest absolute Gasteiger partial charge is 0.443 e. The third-order valence-corrected chi connectivity index (χ3v) is 6.17. The van der Waals surface area contributed by atoms with Crippen LogP contribution in [0.2, 0.25) is 0 Å². The van der Waals surface area contributed by atoms with E-state index in [2.05, 4.69) is 4.98 Å². The van der Waals surface area contributed by atoms with Gasteiger partial charge in [0.25, 0.3) is 5.91 Å². The molecule has 0 unspecified atom stereocenters. The standard InChI is InChI=1S/C25H24F6N4O3/c1-4-23(2,3)38-22(37)35-11-9-34(10-12-35)21(36)18-13-16(14-32)19(33-20(18)25(29,30)31)15-5-7-17(8-6-15)24(26,27)28/h5-8,13H,4,9-12H2,1-3H3. The molecule has 0 radical (unpaired) electrons. The van der Waals surface area contributed by atoms with Crippen LogP contribution in [-0.2, 0) is 17.1 Å². The number of nitriles is 1. The molecule has 38 heavy (non-hydrogen) atoms. The lowest BCUT2D eigenvalue weighted by Crippen LogP contribution is -2.52. The Hall–Kier alpha value is -3.82. The number of hydrogen-bond donors (Lipinski definition) is 0. The first-order valence-corrected chi connectivity index (χ1v) is 11.5. The fourth-order valence-corrected chi connectivity index (χ4v) is 3.65. The van der Waals surface area contributed by atoms with Crippen molar-refractivity contribution in [3.8, 4) is 17.3 Å². The smallest absolute Gasteiger partial charge is 0.434 e. The maximum Gasteiger partial charge on any atom is 0.434 e. The van der Waals surface area contributed by atoms with Gasteiger partial charge in [-0.2, -0.15) is 31.6 Å². The van der Waals surface area contributed by atoms with Crippen LogP contribution in [0, 0.1) is 11.3 Å². The zero-order chi connectivity index (χ0) is 28.5. The van der Waals surface area contributed by atoms with Crippen LogP contribution in [0.15, 0.2) is 30.3 Å². The number of alkyl halides is 6. The first kappa shape index (κ1) is 28.7. The van der Waals surface area contributed by atoms with E-state index in [0.717, 1.165) is 23.1 Å². The number of pyridine rings is 1. The number of aromatic nitrogens is 1. The molecule has 1 aliphatic rings. The molecule has 2 amide bonds. The van der Waals surface area contributed by atoms with E-state index in [1.54, 1.807) is 19.9 Å². The molecule has 1 aromatic carbocycles. The van der Waals surface area contributed by atoms with E-state index in [4.69, 9.17) is 4.74 Å². The maximum atomic E-state index is 14.0. The van der Waals surface area contributed by atoms with Gasteiger partial charge in [0.2, 0.25) is 0 Å². The Kier molecular flexibility index (Phi) is 7.95. The van der Waals surface area contributed by atoms with Gasteiger partial charge in [-0.25, -0.2) is 9.78 Å². The zero-order valence-electron chi connectivity index (χ0n) is 20.7. The van der Waals surface area contributed by atoms with Gasteiger partial charge in [-0.15, -0.1) is 0 Å². The monoisotopic (exact) mass is 542 g/mol. The quantitative estimate of drug-likeness (QED) is 0.460. The molecule has 13 heteroatoms. The molecule has 1 fully saturated rings. The SMILES string of the molecule is CCC(C)(C)OC(=O)N1CCN(C(=O)c2cc(C#N)c(-c3ccc(C(F)(F)F)cc3)nc2C(F)(F)F)CC1. The minimum Gasteiger partial charge on any atom is -0.443 e. The highest BCUT2D eigenvalue weighted by molar-refractivity contribution is 5.96. The third kappa shape index (κ3) is 6.35. The van der Waals surface area contributed by atoms with Crippen molar-refractivity contribution in [3.63, 3.8) is 0 Å². The van der Waals surface area contributed by atoms with Gasteiger partial charge in [0, 0.05) is 31.7 Å². The van der Waals surface area contributed by atoms with E-state index >= 15 is 0 Å². The van der Waals surface area contributed by atoms with E-state index in [9.17, 15) is 41.2 Å². The molecule has 1 saturated heterocycles. The van der Waals surface area contributed by atoms with Crippen LogP contribution in [-0.4, -0.2) is 58.6 Å². The zero-order valence-corrected chi connectivity index (χ0v) is 20.7. The summed E-state index contributed by atoms with van der Waals surface area (Å²) >= 11 is 0. The van der Waals surface area contributed by atoms with E-state index in [-0.39, 0.29) is 31.7 Å². The normalized spacial score (nSPS) is 14.7. The molecule has 2 heterocycles. The van der Waals surface area contributed by atoms with E-state index < -0.39 is 58.0 Å². The number of benzene rings is 1. The van der Waals surface area contributed by atoms with Crippen LogP contribution >= 0.6 is 0 Å². The molecule has 2 aromatic rings. The van der Waals surface area contributed by atoms with Crippen LogP contribution in [0.5, 0.6) is 0 Å². The van der Waals surface area contributed by atoms with E-state index in [1.165, 1.54) is 4.90 Å². The topological polar surface area (TPSA) is 86.5 Å². The van der Waals surface area contributed by atoms with Crippen molar-refractivity contribution in [2.75, 3.05) is 26.2 Å². The van der Waals surface area contributed by atoms with Gasteiger partial charge in [0.15, 0.2) is 5.69 Å². The molecule has 0 aliphatic carbocycles. The summed E-state index contributed by atoms with van der Waals surface area (Å²) in [7, 11) is 0. The van der Waals surface area contributed by atoms with Crippen LogP contribution in [0.3, 0.4) is 0 Å². The summed E-state index contributed by atoms with van der Waals surface area (Å²) in [6.07, 6.45) is -9.80. The Morgan fingerprint density at radius 1 is 0.974 bits per heavy atom. The molecule has 0 bridgehead atoms.